The van der Waals surface area contributed by atoms with Gasteiger partial charge in [-0.05, 0) is 45.4 Å². The summed E-state index contributed by atoms with van der Waals surface area (Å²) in [4.78, 5) is 12.0. The quantitative estimate of drug-likeness (QED) is 0.846. The van der Waals surface area contributed by atoms with Gasteiger partial charge < -0.3 is 19.3 Å². The number of esters is 1. The molecule has 0 heterocycles. The topological polar surface area (TPSA) is 65.0 Å². The fourth-order valence-corrected chi connectivity index (χ4v) is 1.81. The van der Waals surface area contributed by atoms with Gasteiger partial charge in [0.25, 0.3) is 0 Å². The van der Waals surface area contributed by atoms with E-state index in [1.807, 2.05) is 0 Å². The van der Waals surface area contributed by atoms with E-state index in [9.17, 15) is 9.90 Å². The van der Waals surface area contributed by atoms with Crippen molar-refractivity contribution in [3.05, 3.63) is 23.8 Å². The highest BCUT2D eigenvalue weighted by Crippen LogP contribution is 2.31. The Morgan fingerprint density at radius 1 is 1.10 bits per heavy atom. The van der Waals surface area contributed by atoms with Gasteiger partial charge in [0, 0.05) is 6.07 Å². The molecule has 1 aromatic rings. The molecule has 0 spiro atoms. The lowest BCUT2D eigenvalue weighted by atomic mass is 9.96. The molecule has 21 heavy (non-hydrogen) atoms. The molecule has 5 nitrogen and oxygen atoms in total. The second kappa shape index (κ2) is 6.80. The van der Waals surface area contributed by atoms with Gasteiger partial charge in [-0.3, -0.25) is 4.79 Å². The first-order valence-electron chi connectivity index (χ1n) is 6.82. The fraction of sp³-hybridized carbons (Fsp3) is 0.562. The number of methoxy groups -OCH3 is 2. The van der Waals surface area contributed by atoms with Crippen molar-refractivity contribution in [1.82, 2.24) is 0 Å². The summed E-state index contributed by atoms with van der Waals surface area (Å²) in [7, 11) is 3.06. The molecule has 0 amide bonds. The number of benzene rings is 1. The van der Waals surface area contributed by atoms with Crippen LogP contribution in [0.25, 0.3) is 0 Å². The van der Waals surface area contributed by atoms with Crippen LogP contribution in [-0.4, -0.2) is 30.9 Å². The standard InChI is InChI=1S/C16H24O5/c1-10(15(18)21-16(2,3)4)14(17)11-7-12(19-5)9-13(8-11)20-6/h7-10,14,17H,1-6H3. The first-order chi connectivity index (χ1) is 9.67. The van der Waals surface area contributed by atoms with Crippen LogP contribution in [0, 0.1) is 5.92 Å². The number of hydrogen-bond donors (Lipinski definition) is 1. The summed E-state index contributed by atoms with van der Waals surface area (Å²) in [5.74, 6) is -0.0302. The third-order valence-electron chi connectivity index (χ3n) is 2.97. The maximum Gasteiger partial charge on any atom is 0.312 e. The van der Waals surface area contributed by atoms with Gasteiger partial charge in [-0.1, -0.05) is 0 Å². The van der Waals surface area contributed by atoms with E-state index in [2.05, 4.69) is 0 Å². The summed E-state index contributed by atoms with van der Waals surface area (Å²) in [6.07, 6.45) is -0.996. The van der Waals surface area contributed by atoms with Crippen LogP contribution in [0.4, 0.5) is 0 Å². The molecule has 0 aromatic heterocycles. The van der Waals surface area contributed by atoms with E-state index in [-0.39, 0.29) is 0 Å². The molecule has 118 valence electrons. The summed E-state index contributed by atoms with van der Waals surface area (Å²) >= 11 is 0. The summed E-state index contributed by atoms with van der Waals surface area (Å²) in [5.41, 5.74) is -0.0403. The van der Waals surface area contributed by atoms with Crippen molar-refractivity contribution in [1.29, 1.82) is 0 Å². The Hall–Kier alpha value is -1.75. The van der Waals surface area contributed by atoms with Crippen LogP contribution < -0.4 is 9.47 Å². The molecule has 1 N–H and O–H groups in total. The smallest absolute Gasteiger partial charge is 0.312 e. The Labute approximate surface area is 125 Å². The van der Waals surface area contributed by atoms with Crippen molar-refractivity contribution in [2.45, 2.75) is 39.4 Å². The third-order valence-corrected chi connectivity index (χ3v) is 2.97. The Morgan fingerprint density at radius 3 is 1.95 bits per heavy atom. The minimum atomic E-state index is -0.996. The van der Waals surface area contributed by atoms with Crippen LogP contribution in [0.5, 0.6) is 11.5 Å². The van der Waals surface area contributed by atoms with Gasteiger partial charge in [0.15, 0.2) is 0 Å². The maximum absolute atomic E-state index is 12.0. The average molecular weight is 296 g/mol. The zero-order valence-corrected chi connectivity index (χ0v) is 13.5. The fourth-order valence-electron chi connectivity index (χ4n) is 1.81. The molecule has 1 rings (SSSR count). The Morgan fingerprint density at radius 2 is 1.57 bits per heavy atom. The molecule has 0 bridgehead atoms. The van der Waals surface area contributed by atoms with Crippen molar-refractivity contribution in [2.75, 3.05) is 14.2 Å². The van der Waals surface area contributed by atoms with Gasteiger partial charge in [0.1, 0.15) is 17.1 Å². The van der Waals surface area contributed by atoms with Gasteiger partial charge in [-0.25, -0.2) is 0 Å². The molecule has 0 radical (unpaired) electrons. The van der Waals surface area contributed by atoms with Crippen molar-refractivity contribution < 1.29 is 24.1 Å². The molecule has 0 saturated heterocycles. The molecule has 2 atom stereocenters. The van der Waals surface area contributed by atoms with E-state index in [0.29, 0.717) is 17.1 Å². The molecular formula is C16H24O5. The predicted octanol–water partition coefficient (Wildman–Crippen LogP) is 2.72. The Balaban J connectivity index is 2.96. The van der Waals surface area contributed by atoms with Crippen LogP contribution in [-0.2, 0) is 9.53 Å². The lowest BCUT2D eigenvalue weighted by Crippen LogP contribution is -2.30. The van der Waals surface area contributed by atoms with E-state index in [1.165, 1.54) is 14.2 Å². The first-order valence-corrected chi connectivity index (χ1v) is 6.82. The number of carbonyl (C=O) groups is 1. The number of hydrogen-bond acceptors (Lipinski definition) is 5. The molecule has 1 aromatic carbocycles. The van der Waals surface area contributed by atoms with Gasteiger partial charge in [-0.15, -0.1) is 0 Å². The van der Waals surface area contributed by atoms with Crippen molar-refractivity contribution in [3.8, 4) is 11.5 Å². The first kappa shape index (κ1) is 17.3. The van der Waals surface area contributed by atoms with E-state index in [1.54, 1.807) is 45.9 Å². The normalized spacial score (nSPS) is 14.2. The summed E-state index contributed by atoms with van der Waals surface area (Å²) in [6.45, 7) is 7.00. The summed E-state index contributed by atoms with van der Waals surface area (Å²) in [6, 6.07) is 5.05. The maximum atomic E-state index is 12.0. The monoisotopic (exact) mass is 296 g/mol. The Bertz CT molecular complexity index is 468. The molecule has 2 unspecified atom stereocenters. The highest BCUT2D eigenvalue weighted by Gasteiger charge is 2.28. The second-order valence-corrected chi connectivity index (χ2v) is 5.91. The number of aliphatic hydroxyl groups excluding tert-OH is 1. The van der Waals surface area contributed by atoms with Crippen LogP contribution in [0.2, 0.25) is 0 Å². The minimum Gasteiger partial charge on any atom is -0.497 e. The predicted molar refractivity (Wildman–Crippen MR) is 79.5 cm³/mol. The summed E-state index contributed by atoms with van der Waals surface area (Å²) in [5, 5.41) is 10.4. The number of aliphatic hydroxyl groups is 1. The van der Waals surface area contributed by atoms with Crippen LogP contribution in [0.15, 0.2) is 18.2 Å². The van der Waals surface area contributed by atoms with Crippen LogP contribution in [0.1, 0.15) is 39.4 Å². The van der Waals surface area contributed by atoms with E-state index in [4.69, 9.17) is 14.2 Å². The number of ether oxygens (including phenoxy) is 3. The van der Waals surface area contributed by atoms with Gasteiger partial charge in [0.05, 0.1) is 26.2 Å². The lowest BCUT2D eigenvalue weighted by Gasteiger charge is -2.25. The van der Waals surface area contributed by atoms with Gasteiger partial charge in [-0.2, -0.15) is 0 Å². The zero-order chi connectivity index (χ0) is 16.2. The van der Waals surface area contributed by atoms with Gasteiger partial charge >= 0.3 is 5.97 Å². The molecular weight excluding hydrogens is 272 g/mol. The van der Waals surface area contributed by atoms with Crippen LogP contribution in [0.3, 0.4) is 0 Å². The molecule has 0 fully saturated rings. The Kier molecular flexibility index (Phi) is 5.61. The molecule has 5 heteroatoms. The molecule has 0 saturated carbocycles. The zero-order valence-electron chi connectivity index (χ0n) is 13.5. The minimum absolute atomic E-state index is 0.447. The SMILES string of the molecule is COc1cc(OC)cc(C(O)C(C)C(=O)OC(C)(C)C)c1. The van der Waals surface area contributed by atoms with E-state index >= 15 is 0 Å². The van der Waals surface area contributed by atoms with Crippen molar-refractivity contribution in [3.63, 3.8) is 0 Å². The summed E-state index contributed by atoms with van der Waals surface area (Å²) < 4.78 is 15.6. The van der Waals surface area contributed by atoms with Crippen molar-refractivity contribution >= 4 is 5.97 Å². The molecule has 0 aliphatic rings. The third kappa shape index (κ3) is 4.93. The second-order valence-electron chi connectivity index (χ2n) is 5.91. The lowest BCUT2D eigenvalue weighted by molar-refractivity contribution is -0.163. The highest BCUT2D eigenvalue weighted by atomic mass is 16.6. The van der Waals surface area contributed by atoms with Gasteiger partial charge in [0.2, 0.25) is 0 Å². The number of rotatable bonds is 5. The van der Waals surface area contributed by atoms with Crippen LogP contribution >= 0.6 is 0 Å². The molecule has 0 aliphatic carbocycles. The largest absolute Gasteiger partial charge is 0.497 e. The van der Waals surface area contributed by atoms with E-state index in [0.717, 1.165) is 0 Å². The number of carbonyl (C=O) groups excluding carboxylic acids is 1. The van der Waals surface area contributed by atoms with E-state index < -0.39 is 23.6 Å². The van der Waals surface area contributed by atoms with Crippen molar-refractivity contribution in [2.24, 2.45) is 5.92 Å². The molecule has 0 aliphatic heterocycles. The highest BCUT2D eigenvalue weighted by molar-refractivity contribution is 5.73. The average Bonchev–Trinajstić information content (AvgIpc) is 2.43.